The summed E-state index contributed by atoms with van der Waals surface area (Å²) < 4.78 is 1.64. The van der Waals surface area contributed by atoms with Crippen LogP contribution in [0.1, 0.15) is 37.6 Å². The molecule has 0 atom stereocenters. The Labute approximate surface area is 161 Å². The first-order valence-corrected chi connectivity index (χ1v) is 9.33. The van der Waals surface area contributed by atoms with Crippen LogP contribution in [0.4, 0.5) is 0 Å². The highest BCUT2D eigenvalue weighted by molar-refractivity contribution is 7.11. The van der Waals surface area contributed by atoms with Crippen molar-refractivity contribution in [3.63, 3.8) is 0 Å². The van der Waals surface area contributed by atoms with Crippen molar-refractivity contribution >= 4 is 17.2 Å². The van der Waals surface area contributed by atoms with Crippen LogP contribution in [0.15, 0.2) is 53.3 Å². The number of rotatable bonds is 5. The molecule has 0 saturated carbocycles. The van der Waals surface area contributed by atoms with Crippen molar-refractivity contribution in [3.05, 3.63) is 91.0 Å². The van der Waals surface area contributed by atoms with E-state index in [0.717, 1.165) is 28.0 Å². The van der Waals surface area contributed by atoms with E-state index in [1.165, 1.54) is 0 Å². The Hall–Kier alpha value is -3.17. The number of aryl methyl sites for hydroxylation is 1. The molecule has 5 nitrogen and oxygen atoms in total. The Morgan fingerprint density at radius 3 is 2.52 bits per heavy atom. The smallest absolute Gasteiger partial charge is 0.308 e. The Balaban J connectivity index is 1.75. The van der Waals surface area contributed by atoms with E-state index in [0.29, 0.717) is 29.2 Å². The van der Waals surface area contributed by atoms with Crippen LogP contribution in [-0.4, -0.2) is 10.5 Å². The van der Waals surface area contributed by atoms with Crippen molar-refractivity contribution < 1.29 is 4.79 Å². The molecule has 3 rings (SSSR count). The largest absolute Gasteiger partial charge is 0.347 e. The number of nitriles is 1. The van der Waals surface area contributed by atoms with Gasteiger partial charge >= 0.3 is 4.87 Å². The van der Waals surface area contributed by atoms with Crippen LogP contribution < -0.4 is 10.2 Å². The van der Waals surface area contributed by atoms with Crippen LogP contribution >= 0.6 is 11.3 Å². The van der Waals surface area contributed by atoms with Gasteiger partial charge in [-0.25, -0.2) is 0 Å². The summed E-state index contributed by atoms with van der Waals surface area (Å²) >= 11 is 0.968. The van der Waals surface area contributed by atoms with Gasteiger partial charge in [-0.1, -0.05) is 47.7 Å². The minimum atomic E-state index is -0.262. The molecule has 0 spiro atoms. The van der Waals surface area contributed by atoms with Crippen molar-refractivity contribution in [2.45, 2.75) is 26.9 Å². The third-order valence-electron chi connectivity index (χ3n) is 4.48. The van der Waals surface area contributed by atoms with Crippen molar-refractivity contribution in [3.8, 4) is 6.07 Å². The highest BCUT2D eigenvalue weighted by Crippen LogP contribution is 2.16. The molecule has 2 aromatic carbocycles. The van der Waals surface area contributed by atoms with Crippen LogP contribution in [-0.2, 0) is 13.1 Å². The third kappa shape index (κ3) is 4.15. The number of carbonyl (C=O) groups is 1. The minimum Gasteiger partial charge on any atom is -0.347 e. The zero-order valence-corrected chi connectivity index (χ0v) is 16.0. The molecule has 3 aromatic rings. The van der Waals surface area contributed by atoms with E-state index < -0.39 is 0 Å². The van der Waals surface area contributed by atoms with Gasteiger partial charge in [0.05, 0.1) is 18.2 Å². The normalized spacial score (nSPS) is 10.4. The quantitative estimate of drug-likeness (QED) is 0.741. The second-order valence-corrected chi connectivity index (χ2v) is 7.25. The maximum atomic E-state index is 12.5. The first kappa shape index (κ1) is 18.6. The Kier molecular flexibility index (Phi) is 5.53. The van der Waals surface area contributed by atoms with E-state index in [2.05, 4.69) is 11.4 Å². The Morgan fingerprint density at radius 1 is 1.15 bits per heavy atom. The average Bonchev–Trinajstić information content (AvgIpc) is 2.96. The molecule has 0 radical (unpaired) electrons. The number of nitrogens with one attached hydrogen (secondary N) is 1. The maximum absolute atomic E-state index is 12.5. The molecule has 136 valence electrons. The van der Waals surface area contributed by atoms with E-state index in [1.807, 2.05) is 31.2 Å². The zero-order chi connectivity index (χ0) is 19.4. The van der Waals surface area contributed by atoms with E-state index >= 15 is 0 Å². The summed E-state index contributed by atoms with van der Waals surface area (Å²) in [4.78, 5) is 25.2. The van der Waals surface area contributed by atoms with Gasteiger partial charge in [0.25, 0.3) is 5.91 Å². The van der Waals surface area contributed by atoms with Gasteiger partial charge in [0.15, 0.2) is 0 Å². The van der Waals surface area contributed by atoms with Crippen LogP contribution in [0.2, 0.25) is 0 Å². The summed E-state index contributed by atoms with van der Waals surface area (Å²) in [7, 11) is 0. The molecule has 1 N–H and O–H groups in total. The molecule has 0 aliphatic heterocycles. The van der Waals surface area contributed by atoms with Gasteiger partial charge in [0, 0.05) is 12.2 Å². The lowest BCUT2D eigenvalue weighted by atomic mass is 10.1. The molecule has 0 saturated heterocycles. The molecule has 0 unspecified atom stereocenters. The van der Waals surface area contributed by atoms with Crippen LogP contribution in [0.5, 0.6) is 0 Å². The van der Waals surface area contributed by atoms with Gasteiger partial charge in [-0.3, -0.25) is 14.2 Å². The Morgan fingerprint density at radius 2 is 1.85 bits per heavy atom. The highest BCUT2D eigenvalue weighted by Gasteiger charge is 2.18. The lowest BCUT2D eigenvalue weighted by Crippen LogP contribution is -2.23. The van der Waals surface area contributed by atoms with E-state index in [4.69, 9.17) is 5.26 Å². The molecule has 1 amide bonds. The number of hydrogen-bond acceptors (Lipinski definition) is 4. The van der Waals surface area contributed by atoms with Crippen molar-refractivity contribution in [1.82, 2.24) is 9.88 Å². The molecule has 1 aromatic heterocycles. The summed E-state index contributed by atoms with van der Waals surface area (Å²) in [6, 6.07) is 17.0. The molecular weight excluding hydrogens is 358 g/mol. The average molecular weight is 377 g/mol. The van der Waals surface area contributed by atoms with E-state index in [-0.39, 0.29) is 10.8 Å². The summed E-state index contributed by atoms with van der Waals surface area (Å²) in [6.07, 6.45) is 0. The van der Waals surface area contributed by atoms with Crippen LogP contribution in [0.25, 0.3) is 0 Å². The van der Waals surface area contributed by atoms with Crippen molar-refractivity contribution in [1.29, 1.82) is 5.26 Å². The fraction of sp³-hybridized carbons (Fsp3) is 0.190. The molecule has 27 heavy (non-hydrogen) atoms. The van der Waals surface area contributed by atoms with Crippen LogP contribution in [0, 0.1) is 25.2 Å². The Bertz CT molecular complexity index is 1070. The van der Waals surface area contributed by atoms with Crippen molar-refractivity contribution in [2.24, 2.45) is 0 Å². The summed E-state index contributed by atoms with van der Waals surface area (Å²) in [5.74, 6) is -0.262. The first-order chi connectivity index (χ1) is 13.0. The predicted octanol–water partition coefficient (Wildman–Crippen LogP) is 3.38. The molecule has 0 aliphatic rings. The molecule has 0 fully saturated rings. The standard InChI is InChI=1S/C21H19N3O2S/c1-14-5-3-4-6-18(14)13-24-15(2)19(27-21(24)26)20(25)23-12-17-9-7-16(11-22)8-10-17/h3-10H,12-13H2,1-2H3,(H,23,25). The number of hydrogen-bond donors (Lipinski definition) is 1. The molecule has 1 heterocycles. The molecule has 6 heteroatoms. The van der Waals surface area contributed by atoms with E-state index in [9.17, 15) is 9.59 Å². The molecular formula is C21H19N3O2S. The van der Waals surface area contributed by atoms with Gasteiger partial charge in [0.1, 0.15) is 4.88 Å². The topological polar surface area (TPSA) is 74.9 Å². The van der Waals surface area contributed by atoms with Gasteiger partial charge in [0.2, 0.25) is 0 Å². The molecule has 0 aliphatic carbocycles. The highest BCUT2D eigenvalue weighted by atomic mass is 32.1. The number of carbonyl (C=O) groups excluding carboxylic acids is 1. The zero-order valence-electron chi connectivity index (χ0n) is 15.2. The predicted molar refractivity (Wildman–Crippen MR) is 106 cm³/mol. The second-order valence-electron chi connectivity index (χ2n) is 6.29. The monoisotopic (exact) mass is 377 g/mol. The van der Waals surface area contributed by atoms with Gasteiger partial charge in [-0.15, -0.1) is 0 Å². The second kappa shape index (κ2) is 8.02. The number of benzene rings is 2. The molecule has 0 bridgehead atoms. The number of aromatic nitrogens is 1. The van der Waals surface area contributed by atoms with E-state index in [1.54, 1.807) is 35.8 Å². The summed E-state index contributed by atoms with van der Waals surface area (Å²) in [5.41, 5.74) is 4.32. The summed E-state index contributed by atoms with van der Waals surface area (Å²) in [5, 5.41) is 11.7. The number of amides is 1. The SMILES string of the molecule is Cc1ccccc1Cn1c(C)c(C(=O)NCc2ccc(C#N)cc2)sc1=O. The first-order valence-electron chi connectivity index (χ1n) is 8.51. The maximum Gasteiger partial charge on any atom is 0.308 e. The lowest BCUT2D eigenvalue weighted by Gasteiger charge is -2.09. The number of thiazole rings is 1. The number of nitrogens with zero attached hydrogens (tertiary/aromatic N) is 2. The minimum absolute atomic E-state index is 0.140. The van der Waals surface area contributed by atoms with Gasteiger partial charge in [-0.05, 0) is 42.7 Å². The fourth-order valence-corrected chi connectivity index (χ4v) is 3.70. The van der Waals surface area contributed by atoms with Gasteiger partial charge in [-0.2, -0.15) is 5.26 Å². The summed E-state index contributed by atoms with van der Waals surface area (Å²) in [6.45, 7) is 4.60. The van der Waals surface area contributed by atoms with Crippen LogP contribution in [0.3, 0.4) is 0 Å². The third-order valence-corrected chi connectivity index (χ3v) is 5.56. The van der Waals surface area contributed by atoms with Crippen molar-refractivity contribution in [2.75, 3.05) is 0 Å². The fourth-order valence-electron chi connectivity index (χ4n) is 2.79. The van der Waals surface area contributed by atoms with Gasteiger partial charge < -0.3 is 5.32 Å². The lowest BCUT2D eigenvalue weighted by molar-refractivity contribution is 0.0954.